The Labute approximate surface area is 93.6 Å². The molecule has 0 saturated carbocycles. The summed E-state index contributed by atoms with van der Waals surface area (Å²) in [5.41, 5.74) is -0.800. The van der Waals surface area contributed by atoms with Gasteiger partial charge in [0.25, 0.3) is 0 Å². The Balaban J connectivity index is 2.98. The summed E-state index contributed by atoms with van der Waals surface area (Å²) in [6.07, 6.45) is -3.76. The van der Waals surface area contributed by atoms with Gasteiger partial charge < -0.3 is 4.74 Å². The van der Waals surface area contributed by atoms with E-state index in [1.807, 2.05) is 0 Å². The lowest BCUT2D eigenvalue weighted by Crippen LogP contribution is -2.10. The van der Waals surface area contributed by atoms with Crippen LogP contribution in [0.5, 0.6) is 5.88 Å². The average molecular weight is 284 g/mol. The van der Waals surface area contributed by atoms with E-state index in [1.165, 1.54) is 0 Å². The molecule has 0 bridgehead atoms. The molecular weight excluding hydrogens is 275 g/mol. The topological polar surface area (TPSA) is 22.1 Å². The number of alkyl halides is 3. The van der Waals surface area contributed by atoms with E-state index in [0.29, 0.717) is 0 Å². The van der Waals surface area contributed by atoms with E-state index in [0.717, 1.165) is 12.3 Å². The molecule has 15 heavy (non-hydrogen) atoms. The first kappa shape index (κ1) is 12.3. The molecule has 0 N–H and O–H groups in total. The SMILES string of the molecule is CC(C)Oc1ncc(C(F)(F)F)cc1Br. The van der Waals surface area contributed by atoms with Gasteiger partial charge in [0, 0.05) is 6.20 Å². The van der Waals surface area contributed by atoms with Gasteiger partial charge in [-0.2, -0.15) is 13.2 Å². The highest BCUT2D eigenvalue weighted by molar-refractivity contribution is 9.10. The Hall–Kier alpha value is -0.780. The molecular formula is C9H9BrF3NO. The molecule has 0 saturated heterocycles. The molecule has 0 aliphatic carbocycles. The Morgan fingerprint density at radius 3 is 2.40 bits per heavy atom. The zero-order valence-electron chi connectivity index (χ0n) is 8.10. The van der Waals surface area contributed by atoms with Gasteiger partial charge >= 0.3 is 6.18 Å². The van der Waals surface area contributed by atoms with E-state index in [2.05, 4.69) is 20.9 Å². The van der Waals surface area contributed by atoms with Crippen molar-refractivity contribution >= 4 is 15.9 Å². The third kappa shape index (κ3) is 3.37. The number of hydrogen-bond donors (Lipinski definition) is 0. The molecule has 1 heterocycles. The van der Waals surface area contributed by atoms with Crippen molar-refractivity contribution in [3.63, 3.8) is 0 Å². The van der Waals surface area contributed by atoms with Gasteiger partial charge in [0.05, 0.1) is 16.1 Å². The van der Waals surface area contributed by atoms with Crippen LogP contribution < -0.4 is 4.74 Å². The highest BCUT2D eigenvalue weighted by atomic mass is 79.9. The van der Waals surface area contributed by atoms with Crippen LogP contribution in [0.3, 0.4) is 0 Å². The summed E-state index contributed by atoms with van der Waals surface area (Å²) in [6.45, 7) is 3.54. The van der Waals surface area contributed by atoms with Gasteiger partial charge in [0.1, 0.15) is 0 Å². The minimum atomic E-state index is -4.38. The van der Waals surface area contributed by atoms with Crippen LogP contribution in [0, 0.1) is 0 Å². The van der Waals surface area contributed by atoms with E-state index in [-0.39, 0.29) is 16.5 Å². The minimum Gasteiger partial charge on any atom is -0.474 e. The summed E-state index contributed by atoms with van der Waals surface area (Å²) in [7, 11) is 0. The van der Waals surface area contributed by atoms with E-state index in [1.54, 1.807) is 13.8 Å². The van der Waals surface area contributed by atoms with Crippen LogP contribution in [0.15, 0.2) is 16.7 Å². The van der Waals surface area contributed by atoms with Crippen LogP contribution in [0.25, 0.3) is 0 Å². The highest BCUT2D eigenvalue weighted by Gasteiger charge is 2.31. The smallest absolute Gasteiger partial charge is 0.417 e. The molecule has 0 aliphatic rings. The zero-order valence-corrected chi connectivity index (χ0v) is 9.69. The lowest BCUT2D eigenvalue weighted by Gasteiger charge is -2.12. The zero-order chi connectivity index (χ0) is 11.6. The highest BCUT2D eigenvalue weighted by Crippen LogP contribution is 2.33. The molecule has 6 heteroatoms. The van der Waals surface area contributed by atoms with Gasteiger partial charge in [-0.1, -0.05) is 0 Å². The first-order valence-corrected chi connectivity index (χ1v) is 4.99. The maximum atomic E-state index is 12.3. The lowest BCUT2D eigenvalue weighted by atomic mass is 10.3. The Morgan fingerprint density at radius 1 is 1.40 bits per heavy atom. The molecule has 0 aliphatic heterocycles. The molecule has 1 aromatic heterocycles. The molecule has 0 radical (unpaired) electrons. The largest absolute Gasteiger partial charge is 0.474 e. The molecule has 0 atom stereocenters. The van der Waals surface area contributed by atoms with Gasteiger partial charge in [0.15, 0.2) is 0 Å². The fourth-order valence-corrected chi connectivity index (χ4v) is 1.33. The van der Waals surface area contributed by atoms with Crippen molar-refractivity contribution in [1.29, 1.82) is 0 Å². The fourth-order valence-electron chi connectivity index (χ4n) is 0.890. The van der Waals surface area contributed by atoms with Crippen LogP contribution >= 0.6 is 15.9 Å². The van der Waals surface area contributed by atoms with E-state index in [9.17, 15) is 13.2 Å². The molecule has 0 fully saturated rings. The Morgan fingerprint density at radius 2 is 2.00 bits per heavy atom. The summed E-state index contributed by atoms with van der Waals surface area (Å²) in [5.74, 6) is 0.165. The standard InChI is InChI=1S/C9H9BrF3NO/c1-5(2)15-8-7(10)3-6(4-14-8)9(11,12)13/h3-5H,1-2H3. The number of halogens is 4. The number of rotatable bonds is 2. The van der Waals surface area contributed by atoms with Gasteiger partial charge in [-0.3, -0.25) is 0 Å². The molecule has 84 valence electrons. The number of aromatic nitrogens is 1. The Kier molecular flexibility index (Phi) is 3.59. The second kappa shape index (κ2) is 4.38. The third-order valence-electron chi connectivity index (χ3n) is 1.48. The van der Waals surface area contributed by atoms with Crippen molar-refractivity contribution < 1.29 is 17.9 Å². The van der Waals surface area contributed by atoms with E-state index >= 15 is 0 Å². The summed E-state index contributed by atoms with van der Waals surface area (Å²) in [5, 5.41) is 0. The average Bonchev–Trinajstić information content (AvgIpc) is 2.05. The van der Waals surface area contributed by atoms with Crippen molar-refractivity contribution in [3.8, 4) is 5.88 Å². The Bertz CT molecular complexity index is 352. The minimum absolute atomic E-state index is 0.134. The predicted molar refractivity (Wildman–Crippen MR) is 52.7 cm³/mol. The first-order chi connectivity index (χ1) is 6.80. The lowest BCUT2D eigenvalue weighted by molar-refractivity contribution is -0.137. The van der Waals surface area contributed by atoms with Gasteiger partial charge in [0.2, 0.25) is 5.88 Å². The van der Waals surface area contributed by atoms with Crippen molar-refractivity contribution in [3.05, 3.63) is 22.3 Å². The molecule has 1 rings (SSSR count). The number of pyridine rings is 1. The maximum absolute atomic E-state index is 12.3. The molecule has 0 amide bonds. The molecule has 2 nitrogen and oxygen atoms in total. The van der Waals surface area contributed by atoms with Crippen LogP contribution in [0.1, 0.15) is 19.4 Å². The van der Waals surface area contributed by atoms with Crippen LogP contribution in [0.4, 0.5) is 13.2 Å². The van der Waals surface area contributed by atoms with Crippen molar-refractivity contribution in [1.82, 2.24) is 4.98 Å². The quantitative estimate of drug-likeness (QED) is 0.827. The van der Waals surface area contributed by atoms with Crippen LogP contribution in [-0.2, 0) is 6.18 Å². The molecule has 0 aromatic carbocycles. The molecule has 1 aromatic rings. The van der Waals surface area contributed by atoms with E-state index in [4.69, 9.17) is 4.74 Å². The van der Waals surface area contributed by atoms with Crippen molar-refractivity contribution in [2.45, 2.75) is 26.1 Å². The van der Waals surface area contributed by atoms with Gasteiger partial charge in [-0.25, -0.2) is 4.98 Å². The number of ether oxygens (including phenoxy) is 1. The van der Waals surface area contributed by atoms with E-state index < -0.39 is 11.7 Å². The second-order valence-corrected chi connectivity index (χ2v) is 4.03. The number of hydrogen-bond acceptors (Lipinski definition) is 2. The monoisotopic (exact) mass is 283 g/mol. The summed E-state index contributed by atoms with van der Waals surface area (Å²) in [6, 6.07) is 0.949. The van der Waals surface area contributed by atoms with Crippen molar-refractivity contribution in [2.24, 2.45) is 0 Å². The normalized spacial score (nSPS) is 11.9. The maximum Gasteiger partial charge on any atom is 0.417 e. The van der Waals surface area contributed by atoms with Crippen LogP contribution in [0.2, 0.25) is 0 Å². The summed E-state index contributed by atoms with van der Waals surface area (Å²) in [4.78, 5) is 3.60. The van der Waals surface area contributed by atoms with Crippen molar-refractivity contribution in [2.75, 3.05) is 0 Å². The second-order valence-electron chi connectivity index (χ2n) is 3.18. The summed E-state index contributed by atoms with van der Waals surface area (Å²) >= 11 is 2.98. The summed E-state index contributed by atoms with van der Waals surface area (Å²) < 4.78 is 42.2. The van der Waals surface area contributed by atoms with Crippen LogP contribution in [-0.4, -0.2) is 11.1 Å². The fraction of sp³-hybridized carbons (Fsp3) is 0.444. The van der Waals surface area contributed by atoms with Gasteiger partial charge in [-0.15, -0.1) is 0 Å². The first-order valence-electron chi connectivity index (χ1n) is 4.20. The molecule has 0 spiro atoms. The number of nitrogens with zero attached hydrogens (tertiary/aromatic N) is 1. The molecule has 0 unspecified atom stereocenters. The third-order valence-corrected chi connectivity index (χ3v) is 2.05. The van der Waals surface area contributed by atoms with Gasteiger partial charge in [-0.05, 0) is 35.8 Å². The predicted octanol–water partition coefficient (Wildman–Crippen LogP) is 3.65.